The van der Waals surface area contributed by atoms with E-state index in [2.05, 4.69) is 20.4 Å². The predicted octanol–water partition coefficient (Wildman–Crippen LogP) is 5.50. The first-order valence-electron chi connectivity index (χ1n) is 12.5. The second-order valence-electron chi connectivity index (χ2n) is 10.9. The van der Waals surface area contributed by atoms with Crippen molar-refractivity contribution in [3.63, 3.8) is 0 Å². The van der Waals surface area contributed by atoms with Crippen molar-refractivity contribution in [2.24, 2.45) is 0 Å². The maximum Gasteiger partial charge on any atom is 0.416 e. The number of nitrogens with two attached hydrogens (primary N) is 1. The molecule has 0 radical (unpaired) electrons. The van der Waals surface area contributed by atoms with E-state index in [1.165, 1.54) is 4.68 Å². The summed E-state index contributed by atoms with van der Waals surface area (Å²) in [5.74, 6) is 0.300. The fourth-order valence-corrected chi connectivity index (χ4v) is 4.91. The van der Waals surface area contributed by atoms with Crippen molar-refractivity contribution in [1.29, 1.82) is 0 Å². The molecular weight excluding hydrogens is 481 g/mol. The minimum Gasteiger partial charge on any atom is -0.383 e. The molecule has 3 aromatic rings. The quantitative estimate of drug-likeness (QED) is 0.468. The summed E-state index contributed by atoms with van der Waals surface area (Å²) in [4.78, 5) is 22.1. The number of amides is 1. The van der Waals surface area contributed by atoms with E-state index in [4.69, 9.17) is 5.73 Å². The highest BCUT2D eigenvalue weighted by Crippen LogP contribution is 2.40. The Hall–Kier alpha value is -3.43. The maximum atomic E-state index is 13.5. The number of benzene rings is 1. The molecule has 198 valence electrons. The van der Waals surface area contributed by atoms with E-state index in [-0.39, 0.29) is 11.9 Å². The molecule has 1 aromatic carbocycles. The Balaban J connectivity index is 1.62. The fraction of sp³-hybridized carbons (Fsp3) is 0.481. The van der Waals surface area contributed by atoms with Gasteiger partial charge in [0.05, 0.1) is 16.8 Å². The van der Waals surface area contributed by atoms with Crippen LogP contribution in [0, 0.1) is 6.92 Å². The number of aryl methyl sites for hydroxylation is 1. The van der Waals surface area contributed by atoms with Crippen LogP contribution in [-0.4, -0.2) is 32.2 Å². The number of nitrogens with zero attached hydrogens (tertiary/aromatic N) is 4. The van der Waals surface area contributed by atoms with Crippen LogP contribution in [0.15, 0.2) is 36.7 Å². The highest BCUT2D eigenvalue weighted by Gasteiger charge is 2.37. The van der Waals surface area contributed by atoms with Gasteiger partial charge in [0.15, 0.2) is 0 Å². The lowest BCUT2D eigenvalue weighted by Gasteiger charge is -2.38. The van der Waals surface area contributed by atoms with Crippen LogP contribution in [0.2, 0.25) is 0 Å². The first-order chi connectivity index (χ1) is 17.3. The smallest absolute Gasteiger partial charge is 0.383 e. The number of halogens is 3. The van der Waals surface area contributed by atoms with E-state index in [1.54, 1.807) is 31.5 Å². The fourth-order valence-electron chi connectivity index (χ4n) is 4.91. The predicted molar refractivity (Wildman–Crippen MR) is 136 cm³/mol. The lowest BCUT2D eigenvalue weighted by molar-refractivity contribution is -0.137. The SMILES string of the molecule is Cc1cnc(-n2cc(C(=O)NCC3(c4ccc(C(F)(F)F)cc4)CCCCC3)c(C(C)(C)C)n2)nc1N. The average Bonchev–Trinajstić information content (AvgIpc) is 3.31. The van der Waals surface area contributed by atoms with Gasteiger partial charge < -0.3 is 11.1 Å². The maximum absolute atomic E-state index is 13.5. The number of hydrogen-bond donors (Lipinski definition) is 2. The van der Waals surface area contributed by atoms with Crippen LogP contribution in [-0.2, 0) is 17.0 Å². The lowest BCUT2D eigenvalue weighted by atomic mass is 9.69. The second kappa shape index (κ2) is 9.79. The number of hydrogen-bond acceptors (Lipinski definition) is 5. The number of rotatable bonds is 5. The van der Waals surface area contributed by atoms with E-state index in [1.807, 2.05) is 20.8 Å². The summed E-state index contributed by atoms with van der Waals surface area (Å²) in [6.45, 7) is 8.02. The summed E-state index contributed by atoms with van der Waals surface area (Å²) in [5.41, 5.74) is 6.94. The Labute approximate surface area is 214 Å². The van der Waals surface area contributed by atoms with Crippen molar-refractivity contribution in [2.45, 2.75) is 76.8 Å². The monoisotopic (exact) mass is 514 g/mol. The van der Waals surface area contributed by atoms with Crippen molar-refractivity contribution >= 4 is 11.7 Å². The Kier molecular flexibility index (Phi) is 7.05. The Bertz CT molecular complexity index is 1270. The Morgan fingerprint density at radius 1 is 1.11 bits per heavy atom. The second-order valence-corrected chi connectivity index (χ2v) is 10.9. The van der Waals surface area contributed by atoms with Gasteiger partial charge >= 0.3 is 6.18 Å². The molecular formula is C27H33F3N6O. The molecule has 37 heavy (non-hydrogen) atoms. The first-order valence-corrected chi connectivity index (χ1v) is 12.5. The summed E-state index contributed by atoms with van der Waals surface area (Å²) in [6, 6.07) is 5.36. The lowest BCUT2D eigenvalue weighted by Crippen LogP contribution is -2.42. The molecule has 1 fully saturated rings. The van der Waals surface area contributed by atoms with Crippen LogP contribution in [0.3, 0.4) is 0 Å². The molecule has 1 aliphatic rings. The summed E-state index contributed by atoms with van der Waals surface area (Å²) < 4.78 is 40.8. The van der Waals surface area contributed by atoms with Crippen molar-refractivity contribution < 1.29 is 18.0 Å². The van der Waals surface area contributed by atoms with E-state index in [9.17, 15) is 18.0 Å². The van der Waals surface area contributed by atoms with Gasteiger partial charge in [0.25, 0.3) is 11.9 Å². The van der Waals surface area contributed by atoms with E-state index >= 15 is 0 Å². The molecule has 1 saturated carbocycles. The van der Waals surface area contributed by atoms with Gasteiger partial charge in [-0.1, -0.05) is 52.2 Å². The minimum absolute atomic E-state index is 0.265. The summed E-state index contributed by atoms with van der Waals surface area (Å²) in [5, 5.41) is 7.69. The van der Waals surface area contributed by atoms with Crippen molar-refractivity contribution in [2.75, 3.05) is 12.3 Å². The summed E-state index contributed by atoms with van der Waals surface area (Å²) in [7, 11) is 0. The zero-order valence-corrected chi connectivity index (χ0v) is 21.6. The van der Waals surface area contributed by atoms with Crippen LogP contribution in [0.25, 0.3) is 5.95 Å². The zero-order valence-electron chi connectivity index (χ0n) is 21.6. The van der Waals surface area contributed by atoms with Crippen LogP contribution in [0.4, 0.5) is 19.0 Å². The molecule has 0 atom stereocenters. The molecule has 2 aromatic heterocycles. The van der Waals surface area contributed by atoms with Crippen molar-refractivity contribution in [1.82, 2.24) is 25.1 Å². The normalized spacial score (nSPS) is 16.0. The minimum atomic E-state index is -4.39. The number of aromatic nitrogens is 4. The average molecular weight is 515 g/mol. The molecule has 0 unspecified atom stereocenters. The number of carbonyl (C=O) groups is 1. The number of nitrogen functional groups attached to an aromatic ring is 1. The van der Waals surface area contributed by atoms with Gasteiger partial charge in [-0.25, -0.2) is 9.67 Å². The molecule has 0 spiro atoms. The Morgan fingerprint density at radius 3 is 2.32 bits per heavy atom. The van der Waals surface area contributed by atoms with Crippen LogP contribution >= 0.6 is 0 Å². The van der Waals surface area contributed by atoms with Crippen LogP contribution in [0.1, 0.15) is 85.6 Å². The molecule has 0 aliphatic heterocycles. The standard InChI is InChI=1S/C27H33F3N6O/c1-17-14-32-24(34-22(17)31)36-15-20(21(35-36)25(2,3)4)23(37)33-16-26(12-6-5-7-13-26)18-8-10-19(11-9-18)27(28,29)30/h8-11,14-15H,5-7,12-13,16H2,1-4H3,(H,33,37)(H2,31,32,34). The molecule has 0 bridgehead atoms. The number of nitrogens with one attached hydrogen (secondary N) is 1. The first kappa shape index (κ1) is 26.6. The zero-order chi connectivity index (χ0) is 27.0. The molecule has 1 amide bonds. The molecule has 4 rings (SSSR count). The molecule has 1 aliphatic carbocycles. The third-order valence-electron chi connectivity index (χ3n) is 7.09. The van der Waals surface area contributed by atoms with Crippen molar-refractivity contribution in [3.8, 4) is 5.95 Å². The van der Waals surface area contributed by atoms with E-state index in [0.717, 1.165) is 55.4 Å². The molecule has 0 saturated heterocycles. The van der Waals surface area contributed by atoms with Gasteiger partial charge in [0, 0.05) is 35.3 Å². The van der Waals surface area contributed by atoms with Crippen LogP contribution < -0.4 is 11.1 Å². The summed E-state index contributed by atoms with van der Waals surface area (Å²) >= 11 is 0. The molecule has 2 heterocycles. The molecule has 3 N–H and O–H groups in total. The molecule has 7 nitrogen and oxygen atoms in total. The van der Waals surface area contributed by atoms with Crippen LogP contribution in [0.5, 0.6) is 0 Å². The third kappa shape index (κ3) is 5.62. The van der Waals surface area contributed by atoms with E-state index < -0.39 is 22.6 Å². The van der Waals surface area contributed by atoms with E-state index in [0.29, 0.717) is 23.6 Å². The third-order valence-corrected chi connectivity index (χ3v) is 7.09. The summed E-state index contributed by atoms with van der Waals surface area (Å²) in [6.07, 6.45) is 3.38. The van der Waals surface area contributed by atoms with Gasteiger partial charge in [0.1, 0.15) is 5.82 Å². The van der Waals surface area contributed by atoms with Gasteiger partial charge in [0.2, 0.25) is 0 Å². The number of alkyl halides is 3. The largest absolute Gasteiger partial charge is 0.416 e. The number of carbonyl (C=O) groups excluding carboxylic acids is 1. The highest BCUT2D eigenvalue weighted by atomic mass is 19.4. The van der Waals surface area contributed by atoms with Gasteiger partial charge in [-0.3, -0.25) is 4.79 Å². The Morgan fingerprint density at radius 2 is 1.76 bits per heavy atom. The van der Waals surface area contributed by atoms with Crippen molar-refractivity contribution in [3.05, 3.63) is 64.6 Å². The molecule has 10 heteroatoms. The van der Waals surface area contributed by atoms with Gasteiger partial charge in [-0.2, -0.15) is 23.3 Å². The van der Waals surface area contributed by atoms with Gasteiger partial charge in [-0.15, -0.1) is 0 Å². The number of anilines is 1. The van der Waals surface area contributed by atoms with Gasteiger partial charge in [-0.05, 0) is 37.5 Å². The topological polar surface area (TPSA) is 98.7 Å². The highest BCUT2D eigenvalue weighted by molar-refractivity contribution is 5.95.